The quantitative estimate of drug-likeness (QED) is 0.411. The number of aromatic nitrogens is 4. The van der Waals surface area contributed by atoms with Gasteiger partial charge in [-0.2, -0.15) is 0 Å². The fraction of sp³-hybridized carbons (Fsp3) is 0.125. The Morgan fingerprint density at radius 3 is 2.50 bits per heavy atom. The van der Waals surface area contributed by atoms with E-state index in [0.717, 1.165) is 34.0 Å². The SMILES string of the molecule is COc1cc(-c2sc3[nH]c(=O)n(-c4ccc(F)cc4F)c(=O)c3c2C)ccc1-n1cnc(C)c1. The molecule has 0 aliphatic rings. The van der Waals surface area contributed by atoms with Gasteiger partial charge in [0, 0.05) is 17.1 Å². The first-order valence-corrected chi connectivity index (χ1v) is 11.0. The molecule has 0 bridgehead atoms. The maximum absolute atomic E-state index is 14.4. The molecule has 0 saturated heterocycles. The Kier molecular flexibility index (Phi) is 5.17. The summed E-state index contributed by atoms with van der Waals surface area (Å²) in [6.07, 6.45) is 3.57. The predicted octanol–water partition coefficient (Wildman–Crippen LogP) is 4.50. The lowest BCUT2D eigenvalue weighted by molar-refractivity contribution is 0.413. The number of ether oxygens (including phenoxy) is 1. The van der Waals surface area contributed by atoms with E-state index in [-0.39, 0.29) is 11.1 Å². The van der Waals surface area contributed by atoms with Gasteiger partial charge in [0.05, 0.1) is 35.9 Å². The second-order valence-corrected chi connectivity index (χ2v) is 8.76. The van der Waals surface area contributed by atoms with Gasteiger partial charge in [-0.1, -0.05) is 6.07 Å². The van der Waals surface area contributed by atoms with Crippen LogP contribution in [0.15, 0.2) is 58.5 Å². The van der Waals surface area contributed by atoms with E-state index in [1.54, 1.807) is 20.4 Å². The number of hydrogen-bond acceptors (Lipinski definition) is 5. The first-order chi connectivity index (χ1) is 16.3. The molecular weight excluding hydrogens is 462 g/mol. The number of methoxy groups -OCH3 is 1. The van der Waals surface area contributed by atoms with Gasteiger partial charge in [-0.05, 0) is 49.2 Å². The van der Waals surface area contributed by atoms with Crippen molar-refractivity contribution in [1.82, 2.24) is 19.1 Å². The molecule has 0 fully saturated rings. The molecule has 3 heterocycles. The third-order valence-corrected chi connectivity index (χ3v) is 6.83. The summed E-state index contributed by atoms with van der Waals surface area (Å²) < 4.78 is 35.8. The number of halogens is 2. The average Bonchev–Trinajstić information content (AvgIpc) is 3.37. The van der Waals surface area contributed by atoms with Crippen molar-refractivity contribution in [2.24, 2.45) is 0 Å². The van der Waals surface area contributed by atoms with Crippen molar-refractivity contribution in [3.05, 3.63) is 92.7 Å². The molecule has 10 heteroatoms. The number of nitrogens with zero attached hydrogens (tertiary/aromatic N) is 3. The molecule has 172 valence electrons. The molecule has 3 aromatic heterocycles. The first kappa shape index (κ1) is 21.8. The smallest absolute Gasteiger partial charge is 0.334 e. The third-order valence-electron chi connectivity index (χ3n) is 5.57. The molecule has 2 aromatic carbocycles. The molecule has 0 amide bonds. The monoisotopic (exact) mass is 480 g/mol. The van der Waals surface area contributed by atoms with E-state index >= 15 is 0 Å². The first-order valence-electron chi connectivity index (χ1n) is 10.2. The summed E-state index contributed by atoms with van der Waals surface area (Å²) in [6, 6.07) is 8.31. The highest BCUT2D eigenvalue weighted by Gasteiger charge is 2.20. The third kappa shape index (κ3) is 3.43. The van der Waals surface area contributed by atoms with Crippen LogP contribution in [0.25, 0.3) is 32.0 Å². The molecule has 0 aliphatic heterocycles. The number of thiophene rings is 1. The van der Waals surface area contributed by atoms with E-state index in [1.165, 1.54) is 11.3 Å². The summed E-state index contributed by atoms with van der Waals surface area (Å²) in [7, 11) is 1.57. The number of rotatable bonds is 4. The van der Waals surface area contributed by atoms with Crippen molar-refractivity contribution < 1.29 is 13.5 Å². The summed E-state index contributed by atoms with van der Waals surface area (Å²) in [5.74, 6) is -1.20. The standard InChI is InChI=1S/C24H18F2N4O3S/c1-12-10-29(11-27-12)18-6-4-14(8-19(18)33-3)21-13(2)20-22(34-21)28-24(32)30(23(20)31)17-7-5-15(25)9-16(17)26/h4-11H,1-3H3,(H,28,32). The van der Waals surface area contributed by atoms with Gasteiger partial charge >= 0.3 is 5.69 Å². The largest absolute Gasteiger partial charge is 0.495 e. The molecule has 7 nitrogen and oxygen atoms in total. The molecule has 0 atom stereocenters. The Morgan fingerprint density at radius 1 is 1.06 bits per heavy atom. The van der Waals surface area contributed by atoms with Gasteiger partial charge in [-0.15, -0.1) is 11.3 Å². The second-order valence-electron chi connectivity index (χ2n) is 7.74. The van der Waals surface area contributed by atoms with E-state index in [9.17, 15) is 18.4 Å². The summed E-state index contributed by atoms with van der Waals surface area (Å²) in [4.78, 5) is 34.0. The minimum Gasteiger partial charge on any atom is -0.495 e. The van der Waals surface area contributed by atoms with Gasteiger partial charge < -0.3 is 9.30 Å². The highest BCUT2D eigenvalue weighted by Crippen LogP contribution is 2.38. The van der Waals surface area contributed by atoms with E-state index < -0.39 is 22.9 Å². The second kappa shape index (κ2) is 8.07. The average molecular weight is 480 g/mol. The minimum atomic E-state index is -1.00. The fourth-order valence-electron chi connectivity index (χ4n) is 3.96. The van der Waals surface area contributed by atoms with Crippen molar-refractivity contribution in [3.63, 3.8) is 0 Å². The molecule has 5 aromatic rings. The van der Waals surface area contributed by atoms with Crippen LogP contribution in [-0.2, 0) is 0 Å². The van der Waals surface area contributed by atoms with Crippen LogP contribution in [0.3, 0.4) is 0 Å². The van der Waals surface area contributed by atoms with Crippen molar-refractivity contribution in [3.8, 4) is 27.6 Å². The molecule has 0 saturated carbocycles. The van der Waals surface area contributed by atoms with Crippen LogP contribution in [0.1, 0.15) is 11.3 Å². The maximum Gasteiger partial charge on any atom is 0.334 e. The van der Waals surface area contributed by atoms with Gasteiger partial charge in [0.1, 0.15) is 22.2 Å². The lowest BCUT2D eigenvalue weighted by atomic mass is 10.1. The molecule has 34 heavy (non-hydrogen) atoms. The normalized spacial score (nSPS) is 11.3. The highest BCUT2D eigenvalue weighted by atomic mass is 32.1. The van der Waals surface area contributed by atoms with Gasteiger partial charge in [-0.25, -0.2) is 23.1 Å². The summed E-state index contributed by atoms with van der Waals surface area (Å²) >= 11 is 1.24. The van der Waals surface area contributed by atoms with Crippen LogP contribution < -0.4 is 16.0 Å². The van der Waals surface area contributed by atoms with Crippen LogP contribution >= 0.6 is 11.3 Å². The van der Waals surface area contributed by atoms with Crippen molar-refractivity contribution in [1.29, 1.82) is 0 Å². The topological polar surface area (TPSA) is 81.9 Å². The van der Waals surface area contributed by atoms with Crippen molar-refractivity contribution in [2.45, 2.75) is 13.8 Å². The van der Waals surface area contributed by atoms with Gasteiger partial charge in [-0.3, -0.25) is 9.78 Å². The zero-order valence-corrected chi connectivity index (χ0v) is 19.2. The fourth-order valence-corrected chi connectivity index (χ4v) is 5.14. The van der Waals surface area contributed by atoms with Crippen molar-refractivity contribution >= 4 is 21.6 Å². The Labute approximate surface area is 195 Å². The Hall–Kier alpha value is -4.05. The van der Waals surface area contributed by atoms with E-state index in [2.05, 4.69) is 9.97 Å². The van der Waals surface area contributed by atoms with Crippen LogP contribution in [-0.4, -0.2) is 26.2 Å². The number of fused-ring (bicyclic) bond motifs is 1. The van der Waals surface area contributed by atoms with E-state index in [0.29, 0.717) is 26.8 Å². The number of aryl methyl sites for hydroxylation is 2. The van der Waals surface area contributed by atoms with Crippen LogP contribution in [0.2, 0.25) is 0 Å². The lowest BCUT2D eigenvalue weighted by Gasteiger charge is -2.11. The Balaban J connectivity index is 1.69. The number of benzene rings is 2. The molecule has 1 N–H and O–H groups in total. The van der Waals surface area contributed by atoms with Gasteiger partial charge in [0.25, 0.3) is 5.56 Å². The predicted molar refractivity (Wildman–Crippen MR) is 127 cm³/mol. The molecule has 0 unspecified atom stereocenters. The summed E-state index contributed by atoms with van der Waals surface area (Å²) in [6.45, 7) is 3.65. The van der Waals surface area contributed by atoms with Gasteiger partial charge in [0.15, 0.2) is 0 Å². The lowest BCUT2D eigenvalue weighted by Crippen LogP contribution is -2.34. The minimum absolute atomic E-state index is 0.261. The number of H-pyrrole nitrogens is 1. The Bertz CT molecular complexity index is 1700. The number of nitrogens with one attached hydrogen (secondary N) is 1. The number of imidazole rings is 1. The van der Waals surface area contributed by atoms with Crippen LogP contribution in [0.4, 0.5) is 8.78 Å². The maximum atomic E-state index is 14.4. The Morgan fingerprint density at radius 2 is 1.82 bits per heavy atom. The summed E-state index contributed by atoms with van der Waals surface area (Å²) in [5, 5.41) is 0.261. The van der Waals surface area contributed by atoms with Crippen LogP contribution in [0, 0.1) is 25.5 Å². The van der Waals surface area contributed by atoms with E-state index in [4.69, 9.17) is 4.74 Å². The summed E-state index contributed by atoms with van der Waals surface area (Å²) in [5.41, 5.74) is 1.28. The zero-order valence-electron chi connectivity index (χ0n) is 18.3. The molecule has 0 aliphatic carbocycles. The number of hydrogen-bond donors (Lipinski definition) is 1. The molecule has 0 radical (unpaired) electrons. The van der Waals surface area contributed by atoms with Crippen molar-refractivity contribution in [2.75, 3.05) is 7.11 Å². The molecule has 5 rings (SSSR count). The highest BCUT2D eigenvalue weighted by molar-refractivity contribution is 7.22. The molecular formula is C24H18F2N4O3S. The van der Waals surface area contributed by atoms with Gasteiger partial charge in [0.2, 0.25) is 0 Å². The number of aromatic amines is 1. The zero-order chi connectivity index (χ0) is 24.1. The molecule has 0 spiro atoms. The van der Waals surface area contributed by atoms with Crippen LogP contribution in [0.5, 0.6) is 5.75 Å². The van der Waals surface area contributed by atoms with E-state index in [1.807, 2.05) is 35.9 Å².